The summed E-state index contributed by atoms with van der Waals surface area (Å²) in [6.07, 6.45) is 0.176. The quantitative estimate of drug-likeness (QED) is 0.267. The van der Waals surface area contributed by atoms with Crippen LogP contribution in [0.4, 0.5) is 0 Å². The van der Waals surface area contributed by atoms with Crippen molar-refractivity contribution in [3.63, 3.8) is 0 Å². The molecule has 1 amide bonds. The van der Waals surface area contributed by atoms with E-state index in [-0.39, 0.29) is 24.7 Å². The maximum Gasteiger partial charge on any atom is 0.251 e. The van der Waals surface area contributed by atoms with E-state index < -0.39 is 6.29 Å². The molecule has 43 heavy (non-hydrogen) atoms. The molecule has 2 N–H and O–H groups in total. The van der Waals surface area contributed by atoms with Crippen LogP contribution in [0.15, 0.2) is 103 Å². The van der Waals surface area contributed by atoms with Gasteiger partial charge in [-0.1, -0.05) is 84.9 Å². The number of nitrogens with one attached hydrogen (secondary N) is 1. The van der Waals surface area contributed by atoms with Crippen LogP contribution in [0, 0.1) is 0 Å². The molecule has 0 aliphatic carbocycles. The van der Waals surface area contributed by atoms with Gasteiger partial charge in [0.15, 0.2) is 6.29 Å². The van der Waals surface area contributed by atoms with Gasteiger partial charge in [-0.25, -0.2) is 0 Å². The number of aliphatic hydroxyl groups is 1. The number of carbonyl (C=O) groups excluding carboxylic acids is 1. The van der Waals surface area contributed by atoms with Gasteiger partial charge >= 0.3 is 0 Å². The fourth-order valence-electron chi connectivity index (χ4n) is 5.67. The molecule has 0 unspecified atom stereocenters. The summed E-state index contributed by atoms with van der Waals surface area (Å²) in [7, 11) is 0. The normalized spacial score (nSPS) is 20.9. The van der Waals surface area contributed by atoms with Crippen molar-refractivity contribution in [2.24, 2.45) is 0 Å². The first kappa shape index (κ1) is 29.2. The highest BCUT2D eigenvalue weighted by molar-refractivity contribution is 5.94. The Kier molecular flexibility index (Phi) is 9.57. The monoisotopic (exact) mass is 578 g/mol. The standard InChI is InChI=1S/C36H38N2O5/c39-25-26-9-11-29(12-10-26)34-22-33(24-38-17-19-41-20-18-38)42-36(43-34)31-15-13-28(14-16-31)32-8-4-5-27(21-32)23-37-35(40)30-6-2-1-3-7-30/h1-16,21,33-34,36,39H,17-20,22-25H2,(H,37,40)/t33-,34+,36+/m1/s1. The topological polar surface area (TPSA) is 80.3 Å². The molecule has 2 heterocycles. The van der Waals surface area contributed by atoms with E-state index in [0.29, 0.717) is 12.1 Å². The van der Waals surface area contributed by atoms with Crippen LogP contribution in [0.2, 0.25) is 0 Å². The molecule has 0 aromatic heterocycles. The first-order valence-corrected chi connectivity index (χ1v) is 15.0. The van der Waals surface area contributed by atoms with E-state index in [2.05, 4.69) is 46.6 Å². The van der Waals surface area contributed by atoms with Crippen LogP contribution in [-0.4, -0.2) is 54.9 Å². The Morgan fingerprint density at radius 2 is 1.53 bits per heavy atom. The minimum Gasteiger partial charge on any atom is -0.392 e. The number of hydrogen-bond donors (Lipinski definition) is 2. The molecular weight excluding hydrogens is 540 g/mol. The van der Waals surface area contributed by atoms with Gasteiger partial charge in [-0.15, -0.1) is 0 Å². The Hall–Kier alpha value is -3.85. The summed E-state index contributed by atoms with van der Waals surface area (Å²) in [6, 6.07) is 33.8. The summed E-state index contributed by atoms with van der Waals surface area (Å²) < 4.78 is 18.6. The number of benzene rings is 4. The Morgan fingerprint density at radius 1 is 0.791 bits per heavy atom. The number of carbonyl (C=O) groups is 1. The summed E-state index contributed by atoms with van der Waals surface area (Å²) in [5.41, 5.74) is 6.79. The van der Waals surface area contributed by atoms with Crippen LogP contribution in [0.1, 0.15) is 51.4 Å². The van der Waals surface area contributed by atoms with Crippen molar-refractivity contribution >= 4 is 5.91 Å². The van der Waals surface area contributed by atoms with E-state index in [9.17, 15) is 9.90 Å². The van der Waals surface area contributed by atoms with Gasteiger partial charge in [0.05, 0.1) is 32.0 Å². The molecule has 2 saturated heterocycles. The molecule has 2 aliphatic heterocycles. The van der Waals surface area contributed by atoms with Crippen LogP contribution < -0.4 is 5.32 Å². The van der Waals surface area contributed by atoms with Crippen molar-refractivity contribution < 1.29 is 24.1 Å². The SMILES string of the molecule is O=C(NCc1cccc(-c2ccc([C@H]3O[C@@H](CN4CCOCC4)C[C@@H](c4ccc(CO)cc4)O3)cc2)c1)c1ccccc1. The minimum absolute atomic E-state index is 0.0156. The summed E-state index contributed by atoms with van der Waals surface area (Å²) >= 11 is 0. The van der Waals surface area contributed by atoms with E-state index in [0.717, 1.165) is 72.6 Å². The molecule has 0 saturated carbocycles. The van der Waals surface area contributed by atoms with E-state index in [1.807, 2.05) is 66.7 Å². The van der Waals surface area contributed by atoms with Gasteiger partial charge in [0.2, 0.25) is 0 Å². The van der Waals surface area contributed by atoms with Gasteiger partial charge in [-0.3, -0.25) is 9.69 Å². The van der Waals surface area contributed by atoms with E-state index in [4.69, 9.17) is 14.2 Å². The molecule has 0 radical (unpaired) electrons. The molecule has 2 fully saturated rings. The zero-order valence-electron chi connectivity index (χ0n) is 24.2. The fraction of sp³-hybridized carbons (Fsp3) is 0.306. The molecule has 7 nitrogen and oxygen atoms in total. The minimum atomic E-state index is -0.490. The largest absolute Gasteiger partial charge is 0.392 e. The zero-order valence-corrected chi connectivity index (χ0v) is 24.2. The lowest BCUT2D eigenvalue weighted by atomic mass is 9.99. The van der Waals surface area contributed by atoms with Crippen molar-refractivity contribution in [3.8, 4) is 11.1 Å². The second-order valence-corrected chi connectivity index (χ2v) is 11.1. The Bertz CT molecular complexity index is 1470. The maximum atomic E-state index is 12.5. The number of amides is 1. The number of nitrogens with zero attached hydrogens (tertiary/aromatic N) is 1. The fourth-order valence-corrected chi connectivity index (χ4v) is 5.67. The number of morpholine rings is 1. The van der Waals surface area contributed by atoms with Gasteiger partial charge in [0, 0.05) is 43.7 Å². The van der Waals surface area contributed by atoms with Crippen molar-refractivity contribution in [2.75, 3.05) is 32.8 Å². The molecule has 222 valence electrons. The molecule has 0 spiro atoms. The first-order chi connectivity index (χ1) is 21.1. The van der Waals surface area contributed by atoms with Crippen LogP contribution in [0.25, 0.3) is 11.1 Å². The van der Waals surface area contributed by atoms with Crippen LogP contribution in [0.3, 0.4) is 0 Å². The molecule has 6 rings (SSSR count). The first-order valence-electron chi connectivity index (χ1n) is 15.0. The van der Waals surface area contributed by atoms with E-state index in [1.165, 1.54) is 0 Å². The average Bonchev–Trinajstić information content (AvgIpc) is 3.08. The molecular formula is C36H38N2O5. The zero-order chi connectivity index (χ0) is 29.4. The Labute approximate surface area is 253 Å². The lowest BCUT2D eigenvalue weighted by Gasteiger charge is -2.39. The number of ether oxygens (including phenoxy) is 3. The second kappa shape index (κ2) is 14.1. The Morgan fingerprint density at radius 3 is 2.28 bits per heavy atom. The summed E-state index contributed by atoms with van der Waals surface area (Å²) in [5.74, 6) is -0.0857. The predicted molar refractivity (Wildman–Crippen MR) is 165 cm³/mol. The smallest absolute Gasteiger partial charge is 0.251 e. The number of aliphatic hydroxyl groups excluding tert-OH is 1. The van der Waals surface area contributed by atoms with Gasteiger partial charge in [-0.05, 0) is 46.0 Å². The third-order valence-electron chi connectivity index (χ3n) is 8.11. The molecule has 7 heteroatoms. The lowest BCUT2D eigenvalue weighted by molar-refractivity contribution is -0.253. The third kappa shape index (κ3) is 7.57. The highest BCUT2D eigenvalue weighted by atomic mass is 16.7. The van der Waals surface area contributed by atoms with Gasteiger partial charge in [0.25, 0.3) is 5.91 Å². The molecule has 4 aromatic rings. The van der Waals surface area contributed by atoms with Gasteiger partial charge in [-0.2, -0.15) is 0 Å². The van der Waals surface area contributed by atoms with Crippen LogP contribution >= 0.6 is 0 Å². The predicted octanol–water partition coefficient (Wildman–Crippen LogP) is 5.65. The van der Waals surface area contributed by atoms with Gasteiger partial charge < -0.3 is 24.6 Å². The van der Waals surface area contributed by atoms with Crippen molar-refractivity contribution in [3.05, 3.63) is 131 Å². The van der Waals surface area contributed by atoms with Crippen molar-refractivity contribution in [1.29, 1.82) is 0 Å². The van der Waals surface area contributed by atoms with E-state index >= 15 is 0 Å². The number of hydrogen-bond acceptors (Lipinski definition) is 6. The van der Waals surface area contributed by atoms with Gasteiger partial charge in [0.1, 0.15) is 0 Å². The molecule has 2 aliphatic rings. The maximum absolute atomic E-state index is 12.5. The summed E-state index contributed by atoms with van der Waals surface area (Å²) in [5, 5.41) is 12.5. The van der Waals surface area contributed by atoms with Crippen LogP contribution in [0.5, 0.6) is 0 Å². The van der Waals surface area contributed by atoms with Crippen molar-refractivity contribution in [1.82, 2.24) is 10.2 Å². The van der Waals surface area contributed by atoms with Crippen LogP contribution in [-0.2, 0) is 27.4 Å². The Balaban J connectivity index is 1.15. The highest BCUT2D eigenvalue weighted by Gasteiger charge is 2.33. The second-order valence-electron chi connectivity index (χ2n) is 11.1. The highest BCUT2D eigenvalue weighted by Crippen LogP contribution is 2.38. The average molecular weight is 579 g/mol. The van der Waals surface area contributed by atoms with E-state index in [1.54, 1.807) is 0 Å². The van der Waals surface area contributed by atoms with Crippen molar-refractivity contribution in [2.45, 2.75) is 38.1 Å². The molecule has 3 atom stereocenters. The summed E-state index contributed by atoms with van der Waals surface area (Å²) in [6.45, 7) is 4.63. The summed E-state index contributed by atoms with van der Waals surface area (Å²) in [4.78, 5) is 14.9. The lowest BCUT2D eigenvalue weighted by Crippen LogP contribution is -2.44. The molecule has 4 aromatic carbocycles. The molecule has 0 bridgehead atoms. The third-order valence-corrected chi connectivity index (χ3v) is 8.11. The number of rotatable bonds is 9.